The summed E-state index contributed by atoms with van der Waals surface area (Å²) in [6.07, 6.45) is -1.42. The van der Waals surface area contributed by atoms with E-state index >= 15 is 0 Å². The Labute approximate surface area is 118 Å². The second kappa shape index (κ2) is 5.86. The molecule has 0 aliphatic rings. The number of hydrogen-bond acceptors (Lipinski definition) is 3. The smallest absolute Gasteiger partial charge is 0.387 e. The molecule has 0 unspecified atom stereocenters. The van der Waals surface area contributed by atoms with Crippen LogP contribution in [0.15, 0.2) is 30.6 Å². The zero-order valence-corrected chi connectivity index (χ0v) is 11.1. The van der Waals surface area contributed by atoms with Crippen molar-refractivity contribution in [1.29, 1.82) is 0 Å². The van der Waals surface area contributed by atoms with Crippen LogP contribution in [0.1, 0.15) is 21.5 Å². The minimum Gasteiger partial charge on any atom is -0.387 e. The number of anilines is 1. The molecule has 0 bridgehead atoms. The quantitative estimate of drug-likeness (QED) is 0.812. The van der Waals surface area contributed by atoms with Crippen LogP contribution in [0.2, 0.25) is 0 Å². The molecular formula is C13H13F3N4O. The molecule has 0 radical (unpaired) electrons. The number of amides is 1. The molecule has 0 aliphatic carbocycles. The number of aromatic nitrogens is 2. The SMILES string of the molecule is CNc1c(C(=O)NCc2cn[nH]c2)cccc1C(F)(F)F. The van der Waals surface area contributed by atoms with E-state index in [0.29, 0.717) is 0 Å². The molecule has 21 heavy (non-hydrogen) atoms. The van der Waals surface area contributed by atoms with Gasteiger partial charge < -0.3 is 10.6 Å². The highest BCUT2D eigenvalue weighted by Gasteiger charge is 2.34. The standard InChI is InChI=1S/C13H13F3N4O/c1-17-11-9(3-2-4-10(11)13(14,15)16)12(21)18-5-8-6-19-20-7-8/h2-4,6-7,17H,5H2,1H3,(H,18,21)(H,19,20). The number of nitrogens with zero attached hydrogens (tertiary/aromatic N) is 1. The summed E-state index contributed by atoms with van der Waals surface area (Å²) < 4.78 is 38.7. The predicted molar refractivity (Wildman–Crippen MR) is 70.7 cm³/mol. The molecular weight excluding hydrogens is 285 g/mol. The molecule has 112 valence electrons. The summed E-state index contributed by atoms with van der Waals surface area (Å²) in [5.74, 6) is -0.591. The molecule has 0 aliphatic heterocycles. The van der Waals surface area contributed by atoms with Crippen LogP contribution in [0.25, 0.3) is 0 Å². The minimum atomic E-state index is -4.53. The fourth-order valence-electron chi connectivity index (χ4n) is 1.90. The first-order valence-corrected chi connectivity index (χ1v) is 6.07. The van der Waals surface area contributed by atoms with E-state index in [1.807, 2.05) is 0 Å². The van der Waals surface area contributed by atoms with Gasteiger partial charge >= 0.3 is 6.18 Å². The van der Waals surface area contributed by atoms with E-state index in [1.165, 1.54) is 25.4 Å². The number of alkyl halides is 3. The van der Waals surface area contributed by atoms with Crippen molar-refractivity contribution in [2.24, 2.45) is 0 Å². The summed E-state index contributed by atoms with van der Waals surface area (Å²) in [6.45, 7) is 0.175. The van der Waals surface area contributed by atoms with Gasteiger partial charge in [0.05, 0.1) is 23.0 Å². The number of H-pyrrole nitrogens is 1. The number of aromatic amines is 1. The number of benzene rings is 1. The molecule has 1 amide bonds. The fraction of sp³-hybridized carbons (Fsp3) is 0.231. The predicted octanol–water partition coefficient (Wildman–Crippen LogP) is 2.40. The van der Waals surface area contributed by atoms with Crippen LogP contribution in [0.3, 0.4) is 0 Å². The Morgan fingerprint density at radius 1 is 1.38 bits per heavy atom. The molecule has 0 atom stereocenters. The van der Waals surface area contributed by atoms with Crippen molar-refractivity contribution >= 4 is 11.6 Å². The Morgan fingerprint density at radius 2 is 2.14 bits per heavy atom. The molecule has 2 aromatic rings. The Kier molecular flexibility index (Phi) is 4.15. The Hall–Kier alpha value is -2.51. The average molecular weight is 298 g/mol. The van der Waals surface area contributed by atoms with Gasteiger partial charge in [-0.15, -0.1) is 0 Å². The minimum absolute atomic E-state index is 0.0594. The molecule has 0 saturated carbocycles. The first-order chi connectivity index (χ1) is 9.93. The zero-order valence-electron chi connectivity index (χ0n) is 11.1. The molecule has 2 rings (SSSR count). The van der Waals surface area contributed by atoms with Crippen LogP contribution in [0.4, 0.5) is 18.9 Å². The lowest BCUT2D eigenvalue weighted by Crippen LogP contribution is -2.24. The zero-order chi connectivity index (χ0) is 15.5. The number of halogens is 3. The molecule has 1 heterocycles. The second-order valence-electron chi connectivity index (χ2n) is 4.27. The molecule has 0 fully saturated rings. The van der Waals surface area contributed by atoms with Crippen molar-refractivity contribution in [1.82, 2.24) is 15.5 Å². The first-order valence-electron chi connectivity index (χ1n) is 6.07. The normalized spacial score (nSPS) is 11.2. The number of rotatable bonds is 4. The molecule has 0 spiro atoms. The summed E-state index contributed by atoms with van der Waals surface area (Å²) in [4.78, 5) is 12.0. The molecule has 0 saturated heterocycles. The summed E-state index contributed by atoms with van der Waals surface area (Å²) in [5.41, 5.74) is -0.451. The Balaban J connectivity index is 2.24. The molecule has 8 heteroatoms. The van der Waals surface area contributed by atoms with Crippen molar-refractivity contribution < 1.29 is 18.0 Å². The van der Waals surface area contributed by atoms with Gasteiger partial charge in [-0.1, -0.05) is 6.07 Å². The third-order valence-electron chi connectivity index (χ3n) is 2.87. The van der Waals surface area contributed by atoms with E-state index in [2.05, 4.69) is 20.8 Å². The van der Waals surface area contributed by atoms with Crippen LogP contribution in [0, 0.1) is 0 Å². The lowest BCUT2D eigenvalue weighted by molar-refractivity contribution is -0.136. The van der Waals surface area contributed by atoms with E-state index in [-0.39, 0.29) is 17.8 Å². The van der Waals surface area contributed by atoms with Crippen molar-refractivity contribution in [2.75, 3.05) is 12.4 Å². The number of carbonyl (C=O) groups excluding carboxylic acids is 1. The van der Waals surface area contributed by atoms with E-state index < -0.39 is 17.6 Å². The number of hydrogen-bond donors (Lipinski definition) is 3. The summed E-state index contributed by atoms with van der Waals surface area (Å²) in [6, 6.07) is 3.47. The van der Waals surface area contributed by atoms with Gasteiger partial charge in [-0.2, -0.15) is 18.3 Å². The highest BCUT2D eigenvalue weighted by Crippen LogP contribution is 2.36. The van der Waals surface area contributed by atoms with Gasteiger partial charge in [-0.05, 0) is 12.1 Å². The molecule has 1 aromatic heterocycles. The van der Waals surface area contributed by atoms with Crippen LogP contribution >= 0.6 is 0 Å². The number of nitrogens with one attached hydrogen (secondary N) is 3. The van der Waals surface area contributed by atoms with Crippen LogP contribution in [-0.2, 0) is 12.7 Å². The van der Waals surface area contributed by atoms with Crippen molar-refractivity contribution in [3.63, 3.8) is 0 Å². The summed E-state index contributed by atoms with van der Waals surface area (Å²) in [7, 11) is 1.34. The van der Waals surface area contributed by atoms with Crippen LogP contribution in [0.5, 0.6) is 0 Å². The van der Waals surface area contributed by atoms with Crippen molar-refractivity contribution in [3.05, 3.63) is 47.3 Å². The summed E-state index contributed by atoms with van der Waals surface area (Å²) in [5, 5.41) is 11.3. The molecule has 5 nitrogen and oxygen atoms in total. The molecule has 3 N–H and O–H groups in total. The largest absolute Gasteiger partial charge is 0.418 e. The van der Waals surface area contributed by atoms with E-state index in [9.17, 15) is 18.0 Å². The van der Waals surface area contributed by atoms with Crippen molar-refractivity contribution in [2.45, 2.75) is 12.7 Å². The maximum Gasteiger partial charge on any atom is 0.418 e. The maximum absolute atomic E-state index is 12.9. The maximum atomic E-state index is 12.9. The van der Waals surface area contributed by atoms with Gasteiger partial charge in [0.1, 0.15) is 0 Å². The van der Waals surface area contributed by atoms with Gasteiger partial charge in [0.15, 0.2) is 0 Å². The van der Waals surface area contributed by atoms with Gasteiger partial charge in [-0.25, -0.2) is 0 Å². The molecule has 1 aromatic carbocycles. The van der Waals surface area contributed by atoms with E-state index in [0.717, 1.165) is 11.6 Å². The van der Waals surface area contributed by atoms with Gasteiger partial charge in [0, 0.05) is 25.4 Å². The lowest BCUT2D eigenvalue weighted by Gasteiger charge is -2.16. The monoisotopic (exact) mass is 298 g/mol. The van der Waals surface area contributed by atoms with Crippen LogP contribution in [-0.4, -0.2) is 23.2 Å². The Bertz CT molecular complexity index is 623. The first kappa shape index (κ1) is 14.9. The fourth-order valence-corrected chi connectivity index (χ4v) is 1.90. The third kappa shape index (κ3) is 3.33. The average Bonchev–Trinajstić information content (AvgIpc) is 2.96. The number of carbonyl (C=O) groups is 1. The van der Waals surface area contributed by atoms with Crippen molar-refractivity contribution in [3.8, 4) is 0 Å². The van der Waals surface area contributed by atoms with E-state index in [4.69, 9.17) is 0 Å². The highest BCUT2D eigenvalue weighted by molar-refractivity contribution is 6.00. The topological polar surface area (TPSA) is 69.8 Å². The van der Waals surface area contributed by atoms with Gasteiger partial charge in [-0.3, -0.25) is 9.89 Å². The lowest BCUT2D eigenvalue weighted by atomic mass is 10.1. The van der Waals surface area contributed by atoms with Gasteiger partial charge in [0.2, 0.25) is 0 Å². The second-order valence-corrected chi connectivity index (χ2v) is 4.27. The van der Waals surface area contributed by atoms with Crippen LogP contribution < -0.4 is 10.6 Å². The summed E-state index contributed by atoms with van der Waals surface area (Å²) >= 11 is 0. The van der Waals surface area contributed by atoms with Gasteiger partial charge in [0.25, 0.3) is 5.91 Å². The number of para-hydroxylation sites is 1. The van der Waals surface area contributed by atoms with E-state index in [1.54, 1.807) is 6.20 Å². The Morgan fingerprint density at radius 3 is 2.71 bits per heavy atom. The third-order valence-corrected chi connectivity index (χ3v) is 2.87. The highest BCUT2D eigenvalue weighted by atomic mass is 19.4.